The molecule has 2 aromatic rings. The molecule has 10 nitrogen and oxygen atoms in total. The summed E-state index contributed by atoms with van der Waals surface area (Å²) in [6.45, 7) is 1.32. The zero-order valence-corrected chi connectivity index (χ0v) is 18.1. The number of amides is 1. The van der Waals surface area contributed by atoms with Gasteiger partial charge < -0.3 is 15.2 Å². The summed E-state index contributed by atoms with van der Waals surface area (Å²) in [5.74, 6) is 0.446. The number of nitrogens with one attached hydrogen (secondary N) is 1. The van der Waals surface area contributed by atoms with E-state index in [-0.39, 0.29) is 30.4 Å². The highest BCUT2D eigenvalue weighted by Crippen LogP contribution is 2.35. The summed E-state index contributed by atoms with van der Waals surface area (Å²) in [4.78, 5) is 35.5. The fourth-order valence-electron chi connectivity index (χ4n) is 4.15. The Labute approximate surface area is 186 Å². The van der Waals surface area contributed by atoms with Gasteiger partial charge in [-0.05, 0) is 43.7 Å². The van der Waals surface area contributed by atoms with Crippen LogP contribution in [0, 0.1) is 5.92 Å². The van der Waals surface area contributed by atoms with Crippen molar-refractivity contribution in [2.75, 3.05) is 20.2 Å². The van der Waals surface area contributed by atoms with Crippen LogP contribution in [0.3, 0.4) is 0 Å². The highest BCUT2D eigenvalue weighted by Gasteiger charge is 2.38. The molecule has 0 spiro atoms. The number of nitrogens with zero attached hydrogens (tertiary/aromatic N) is 4. The second-order valence-electron chi connectivity index (χ2n) is 8.01. The molecule has 0 unspecified atom stereocenters. The third-order valence-corrected chi connectivity index (χ3v) is 5.91. The van der Waals surface area contributed by atoms with Crippen molar-refractivity contribution in [3.63, 3.8) is 0 Å². The van der Waals surface area contributed by atoms with E-state index in [4.69, 9.17) is 14.6 Å². The lowest BCUT2D eigenvalue weighted by atomic mass is 10.1. The maximum Gasteiger partial charge on any atom is 0.307 e. The minimum Gasteiger partial charge on any atom is -0.483 e. The summed E-state index contributed by atoms with van der Waals surface area (Å²) in [6, 6.07) is 7.87. The zero-order valence-electron chi connectivity index (χ0n) is 18.1. The van der Waals surface area contributed by atoms with Crippen LogP contribution in [0.25, 0.3) is 5.69 Å². The fraction of sp³-hybridized carbons (Fsp3) is 0.500. The van der Waals surface area contributed by atoms with Gasteiger partial charge in [0.25, 0.3) is 12.4 Å². The Morgan fingerprint density at radius 3 is 2.47 bits per heavy atom. The molecule has 1 amide bonds. The molecule has 1 aromatic heterocycles. The third kappa shape index (κ3) is 6.13. The van der Waals surface area contributed by atoms with Crippen LogP contribution in [-0.2, 0) is 14.3 Å². The molecule has 1 aliphatic carbocycles. The topological polar surface area (TPSA) is 127 Å². The van der Waals surface area contributed by atoms with E-state index in [0.29, 0.717) is 18.5 Å². The molecule has 0 radical (unpaired) electrons. The highest BCUT2D eigenvalue weighted by atomic mass is 16.5. The molecule has 10 heteroatoms. The predicted molar refractivity (Wildman–Crippen MR) is 115 cm³/mol. The maximum atomic E-state index is 12.9. The summed E-state index contributed by atoms with van der Waals surface area (Å²) in [5, 5.41) is 17.6. The van der Waals surface area contributed by atoms with Crippen LogP contribution in [-0.4, -0.2) is 75.4 Å². The lowest BCUT2D eigenvalue weighted by molar-refractivity contribution is -0.142. The number of hydrogen-bond acceptors (Lipinski definition) is 7. The second kappa shape index (κ2) is 11.4. The van der Waals surface area contributed by atoms with E-state index in [9.17, 15) is 9.59 Å². The quantitative estimate of drug-likeness (QED) is 0.464. The first kappa shape index (κ1) is 23.4. The number of carboxylic acid groups (broad SMARTS) is 1. The van der Waals surface area contributed by atoms with E-state index >= 15 is 0 Å². The van der Waals surface area contributed by atoms with Crippen molar-refractivity contribution >= 4 is 18.3 Å². The van der Waals surface area contributed by atoms with E-state index < -0.39 is 0 Å². The number of esters is 1. The summed E-state index contributed by atoms with van der Waals surface area (Å²) in [6.07, 6.45) is 8.03. The smallest absolute Gasteiger partial charge is 0.307 e. The lowest BCUT2D eigenvalue weighted by Gasteiger charge is -2.30. The highest BCUT2D eigenvalue weighted by molar-refractivity contribution is 5.97. The average molecular weight is 444 g/mol. The van der Waals surface area contributed by atoms with Crippen LogP contribution in [0.5, 0.6) is 0 Å². The molecule has 1 aromatic carbocycles. The van der Waals surface area contributed by atoms with Gasteiger partial charge in [-0.15, -0.1) is 10.2 Å². The van der Waals surface area contributed by atoms with Gasteiger partial charge in [0, 0.05) is 25.2 Å². The summed E-state index contributed by atoms with van der Waals surface area (Å²) >= 11 is 0. The monoisotopic (exact) mass is 443 g/mol. The Hall–Kier alpha value is -3.27. The minimum absolute atomic E-state index is 0.114. The number of carbonyl (C=O) groups excluding carboxylic acids is 2. The van der Waals surface area contributed by atoms with E-state index in [1.807, 2.05) is 18.2 Å². The second-order valence-corrected chi connectivity index (χ2v) is 8.01. The van der Waals surface area contributed by atoms with Gasteiger partial charge >= 0.3 is 5.97 Å². The Kier molecular flexibility index (Phi) is 8.32. The van der Waals surface area contributed by atoms with Crippen molar-refractivity contribution in [1.29, 1.82) is 0 Å². The van der Waals surface area contributed by atoms with Crippen LogP contribution < -0.4 is 5.32 Å². The molecule has 172 valence electrons. The average Bonchev–Trinajstić information content (AvgIpc) is 3.30. The van der Waals surface area contributed by atoms with E-state index in [1.54, 1.807) is 23.3 Å². The predicted octanol–water partition coefficient (Wildman–Crippen LogP) is 1.50. The van der Waals surface area contributed by atoms with Crippen molar-refractivity contribution in [2.24, 2.45) is 5.92 Å². The number of rotatable bonds is 8. The first-order chi connectivity index (χ1) is 15.6. The Morgan fingerprint density at radius 2 is 1.81 bits per heavy atom. The largest absolute Gasteiger partial charge is 0.483 e. The molecule has 1 saturated heterocycles. The van der Waals surface area contributed by atoms with Gasteiger partial charge in [0.15, 0.2) is 0 Å². The number of aromatic nitrogens is 3. The van der Waals surface area contributed by atoms with Crippen molar-refractivity contribution in [2.45, 2.75) is 44.2 Å². The van der Waals surface area contributed by atoms with Gasteiger partial charge in [-0.1, -0.05) is 12.1 Å². The molecule has 4 rings (SSSR count). The molecular formula is C22H29N5O5. The van der Waals surface area contributed by atoms with E-state index in [0.717, 1.165) is 31.0 Å². The Bertz CT molecular complexity index is 900. The molecule has 2 aliphatic rings. The van der Waals surface area contributed by atoms with Crippen molar-refractivity contribution in [3.05, 3.63) is 42.5 Å². The summed E-state index contributed by atoms with van der Waals surface area (Å²) in [7, 11) is 1.44. The zero-order chi connectivity index (χ0) is 22.9. The van der Waals surface area contributed by atoms with Crippen LogP contribution in [0.15, 0.2) is 36.9 Å². The summed E-state index contributed by atoms with van der Waals surface area (Å²) < 4.78 is 6.61. The van der Waals surface area contributed by atoms with Gasteiger partial charge in [-0.2, -0.15) is 0 Å². The molecule has 32 heavy (non-hydrogen) atoms. The Morgan fingerprint density at radius 1 is 1.16 bits per heavy atom. The number of likely N-dealkylation sites (tertiary alicyclic amines) is 1. The number of carbonyl (C=O) groups is 3. The molecular weight excluding hydrogens is 414 g/mol. The van der Waals surface area contributed by atoms with Gasteiger partial charge in [0.05, 0.1) is 24.8 Å². The number of methoxy groups -OCH3 is 1. The van der Waals surface area contributed by atoms with Crippen LogP contribution in [0.2, 0.25) is 0 Å². The molecule has 0 bridgehead atoms. The molecule has 2 N–H and O–H groups in total. The number of benzene rings is 1. The minimum atomic E-state index is -0.250. The number of para-hydroxylation sites is 1. The molecule has 2 atom stereocenters. The van der Waals surface area contributed by atoms with Gasteiger partial charge in [-0.3, -0.25) is 23.9 Å². The normalized spacial score (nSPS) is 20.2. The molecule has 1 saturated carbocycles. The first-order valence-corrected chi connectivity index (χ1v) is 10.7. The van der Waals surface area contributed by atoms with Gasteiger partial charge in [0.2, 0.25) is 0 Å². The van der Waals surface area contributed by atoms with Crippen molar-refractivity contribution < 1.29 is 24.2 Å². The van der Waals surface area contributed by atoms with Crippen LogP contribution in [0.1, 0.15) is 42.5 Å². The van der Waals surface area contributed by atoms with Crippen molar-refractivity contribution in [3.8, 4) is 5.69 Å². The summed E-state index contributed by atoms with van der Waals surface area (Å²) in [5.41, 5.74) is 1.34. The SMILES string of the molecule is COC(=O)C[C@H]1CC[C@@H](CNC(=O)c2ccccc2-n2cnnc2)N1CC1CC1.O=CO. The van der Waals surface area contributed by atoms with Crippen LogP contribution in [0.4, 0.5) is 0 Å². The van der Waals surface area contributed by atoms with E-state index in [1.165, 1.54) is 20.0 Å². The maximum absolute atomic E-state index is 12.9. The molecule has 2 fully saturated rings. The standard InChI is InChI=1S/C21H27N5O3.CH2O2/c1-29-20(27)10-16-8-9-17(26(16)12-15-6-7-15)11-22-21(28)18-4-2-3-5-19(18)25-13-23-24-14-25;2-1-3/h2-5,13-17H,6-12H2,1H3,(H,22,28);1H,(H,2,3)/t16-,17+;/m1./s1. The lowest BCUT2D eigenvalue weighted by Crippen LogP contribution is -2.45. The number of hydrogen-bond donors (Lipinski definition) is 2. The first-order valence-electron chi connectivity index (χ1n) is 10.7. The molecule has 1 aliphatic heterocycles. The fourth-order valence-corrected chi connectivity index (χ4v) is 4.15. The van der Waals surface area contributed by atoms with Gasteiger partial charge in [0.1, 0.15) is 12.7 Å². The van der Waals surface area contributed by atoms with Crippen LogP contribution >= 0.6 is 0 Å². The number of ether oxygens (including phenoxy) is 1. The van der Waals surface area contributed by atoms with Gasteiger partial charge in [-0.25, -0.2) is 0 Å². The molecule has 2 heterocycles. The third-order valence-electron chi connectivity index (χ3n) is 5.91. The van der Waals surface area contributed by atoms with Crippen molar-refractivity contribution in [1.82, 2.24) is 25.0 Å². The van der Waals surface area contributed by atoms with E-state index in [2.05, 4.69) is 20.4 Å². The Balaban J connectivity index is 0.000000913.